The van der Waals surface area contributed by atoms with Crippen molar-refractivity contribution in [2.45, 2.75) is 19.8 Å². The highest BCUT2D eigenvalue weighted by Crippen LogP contribution is 2.20. The van der Waals surface area contributed by atoms with Gasteiger partial charge < -0.3 is 19.9 Å². The van der Waals surface area contributed by atoms with E-state index in [9.17, 15) is 9.59 Å². The number of benzene rings is 2. The zero-order valence-electron chi connectivity index (χ0n) is 17.3. The highest BCUT2D eigenvalue weighted by Gasteiger charge is 2.24. The molecule has 1 atom stereocenters. The molecule has 1 aliphatic heterocycles. The summed E-state index contributed by atoms with van der Waals surface area (Å²) in [6.07, 6.45) is 1.36. The lowest BCUT2D eigenvalue weighted by Gasteiger charge is -2.13. The quantitative estimate of drug-likeness (QED) is 0.659. The van der Waals surface area contributed by atoms with Gasteiger partial charge in [0.25, 0.3) is 5.91 Å². The van der Waals surface area contributed by atoms with E-state index in [0.29, 0.717) is 37.4 Å². The first-order chi connectivity index (χ1) is 14.5. The molecule has 0 aliphatic carbocycles. The van der Waals surface area contributed by atoms with E-state index >= 15 is 0 Å². The summed E-state index contributed by atoms with van der Waals surface area (Å²) in [6.45, 7) is 3.46. The highest BCUT2D eigenvalue weighted by atomic mass is 16.5. The van der Waals surface area contributed by atoms with E-state index < -0.39 is 0 Å². The Morgan fingerprint density at radius 3 is 2.83 bits per heavy atom. The van der Waals surface area contributed by atoms with Crippen LogP contribution in [-0.2, 0) is 23.0 Å². The number of imidazole rings is 1. The molecule has 7 nitrogen and oxygen atoms in total. The average Bonchev–Trinajstić information content (AvgIpc) is 3.39. The second kappa shape index (κ2) is 8.67. The Morgan fingerprint density at radius 2 is 2.07 bits per heavy atom. The predicted octanol–water partition coefficient (Wildman–Crippen LogP) is 2.83. The van der Waals surface area contributed by atoms with Crippen LogP contribution in [0, 0.1) is 12.8 Å². The van der Waals surface area contributed by atoms with Crippen LogP contribution in [0.1, 0.15) is 28.2 Å². The standard InChI is InChI=1S/C23H26N4O3/c1-15-7-8-16(13-19(15)26-23(29)17-10-12-30-14-17)22(28)24-11-9-21-25-18-5-3-4-6-20(18)27(21)2/h3-8,13,17H,9-12,14H2,1-2H3,(H,24,28)(H,26,29). The van der Waals surface area contributed by atoms with Crippen molar-refractivity contribution in [3.8, 4) is 0 Å². The van der Waals surface area contributed by atoms with E-state index in [1.165, 1.54) is 0 Å². The average molecular weight is 406 g/mol. The summed E-state index contributed by atoms with van der Waals surface area (Å²) >= 11 is 0. The normalized spacial score (nSPS) is 16.0. The van der Waals surface area contributed by atoms with Gasteiger partial charge in [-0.3, -0.25) is 9.59 Å². The number of aromatic nitrogens is 2. The van der Waals surface area contributed by atoms with Crippen LogP contribution in [0.15, 0.2) is 42.5 Å². The maximum atomic E-state index is 12.6. The number of anilines is 1. The Kier molecular flexibility index (Phi) is 5.81. The summed E-state index contributed by atoms with van der Waals surface area (Å²) in [5.41, 5.74) is 4.12. The van der Waals surface area contributed by atoms with Crippen LogP contribution >= 0.6 is 0 Å². The van der Waals surface area contributed by atoms with Crippen molar-refractivity contribution in [1.82, 2.24) is 14.9 Å². The number of amides is 2. The van der Waals surface area contributed by atoms with Crippen LogP contribution < -0.4 is 10.6 Å². The van der Waals surface area contributed by atoms with Gasteiger partial charge in [-0.15, -0.1) is 0 Å². The van der Waals surface area contributed by atoms with E-state index in [2.05, 4.69) is 15.6 Å². The molecule has 2 aromatic carbocycles. The maximum absolute atomic E-state index is 12.6. The third-order valence-corrected chi connectivity index (χ3v) is 5.57. The van der Waals surface area contributed by atoms with E-state index in [0.717, 1.165) is 28.8 Å². The minimum Gasteiger partial charge on any atom is -0.381 e. The Morgan fingerprint density at radius 1 is 1.23 bits per heavy atom. The minimum absolute atomic E-state index is 0.0602. The maximum Gasteiger partial charge on any atom is 0.251 e. The molecular formula is C23H26N4O3. The molecular weight excluding hydrogens is 380 g/mol. The summed E-state index contributed by atoms with van der Waals surface area (Å²) in [5, 5.41) is 5.89. The van der Waals surface area contributed by atoms with E-state index in [4.69, 9.17) is 4.74 Å². The Labute approximate surface area is 175 Å². The lowest BCUT2D eigenvalue weighted by atomic mass is 10.1. The SMILES string of the molecule is Cc1ccc(C(=O)NCCc2nc3ccccc3n2C)cc1NC(=O)C1CCOC1. The molecule has 156 valence electrons. The number of para-hydroxylation sites is 2. The third kappa shape index (κ3) is 4.21. The lowest BCUT2D eigenvalue weighted by Crippen LogP contribution is -2.27. The monoisotopic (exact) mass is 406 g/mol. The van der Waals surface area contributed by atoms with Gasteiger partial charge in [0.1, 0.15) is 5.82 Å². The van der Waals surface area contributed by atoms with Crippen molar-refractivity contribution in [3.05, 3.63) is 59.4 Å². The Hall–Kier alpha value is -3.19. The molecule has 1 aromatic heterocycles. The first-order valence-electron chi connectivity index (χ1n) is 10.2. The molecule has 2 heterocycles. The molecule has 0 spiro atoms. The Balaban J connectivity index is 1.38. The minimum atomic E-state index is -0.173. The van der Waals surface area contributed by atoms with Gasteiger partial charge in [0.05, 0.1) is 23.6 Å². The molecule has 0 saturated carbocycles. The van der Waals surface area contributed by atoms with Crippen molar-refractivity contribution >= 4 is 28.5 Å². The predicted molar refractivity (Wildman–Crippen MR) is 115 cm³/mol. The summed E-state index contributed by atoms with van der Waals surface area (Å²) in [5.74, 6) is 0.561. The first-order valence-corrected chi connectivity index (χ1v) is 10.2. The van der Waals surface area contributed by atoms with E-state index in [-0.39, 0.29) is 17.7 Å². The smallest absolute Gasteiger partial charge is 0.251 e. The fourth-order valence-electron chi connectivity index (χ4n) is 3.68. The summed E-state index contributed by atoms with van der Waals surface area (Å²) in [7, 11) is 1.98. The number of nitrogens with one attached hydrogen (secondary N) is 2. The van der Waals surface area contributed by atoms with Crippen LogP contribution in [0.2, 0.25) is 0 Å². The Bertz CT molecular complexity index is 1080. The molecule has 2 amide bonds. The van der Waals surface area contributed by atoms with Gasteiger partial charge in [0.2, 0.25) is 5.91 Å². The van der Waals surface area contributed by atoms with Gasteiger partial charge in [-0.05, 0) is 43.2 Å². The van der Waals surface area contributed by atoms with Crippen molar-refractivity contribution in [1.29, 1.82) is 0 Å². The van der Waals surface area contributed by atoms with Crippen LogP contribution in [0.5, 0.6) is 0 Å². The highest BCUT2D eigenvalue weighted by molar-refractivity contribution is 5.98. The number of hydrogen-bond donors (Lipinski definition) is 2. The van der Waals surface area contributed by atoms with Crippen LogP contribution in [0.4, 0.5) is 5.69 Å². The molecule has 1 unspecified atom stereocenters. The van der Waals surface area contributed by atoms with Crippen molar-refractivity contribution in [3.63, 3.8) is 0 Å². The van der Waals surface area contributed by atoms with Gasteiger partial charge in [-0.1, -0.05) is 18.2 Å². The molecule has 30 heavy (non-hydrogen) atoms. The molecule has 4 rings (SSSR count). The number of aryl methyl sites for hydroxylation is 2. The zero-order chi connectivity index (χ0) is 21.1. The number of nitrogens with zero attached hydrogens (tertiary/aromatic N) is 2. The lowest BCUT2D eigenvalue weighted by molar-refractivity contribution is -0.119. The fourth-order valence-corrected chi connectivity index (χ4v) is 3.68. The van der Waals surface area contributed by atoms with E-state index in [1.807, 2.05) is 48.9 Å². The first kappa shape index (κ1) is 20.1. The fraction of sp³-hybridized carbons (Fsp3) is 0.348. The molecule has 1 saturated heterocycles. The summed E-state index contributed by atoms with van der Waals surface area (Å²) < 4.78 is 7.33. The molecule has 2 N–H and O–H groups in total. The van der Waals surface area contributed by atoms with Gasteiger partial charge in [-0.25, -0.2) is 4.98 Å². The number of fused-ring (bicyclic) bond motifs is 1. The number of carbonyl (C=O) groups excluding carboxylic acids is 2. The van der Waals surface area contributed by atoms with Gasteiger partial charge >= 0.3 is 0 Å². The molecule has 1 fully saturated rings. The number of carbonyl (C=O) groups is 2. The topological polar surface area (TPSA) is 85.3 Å². The second-order valence-electron chi connectivity index (χ2n) is 7.66. The molecule has 0 bridgehead atoms. The van der Waals surface area contributed by atoms with Gasteiger partial charge in [0.15, 0.2) is 0 Å². The van der Waals surface area contributed by atoms with Crippen molar-refractivity contribution in [2.75, 3.05) is 25.1 Å². The molecule has 7 heteroatoms. The van der Waals surface area contributed by atoms with Crippen molar-refractivity contribution < 1.29 is 14.3 Å². The van der Waals surface area contributed by atoms with E-state index in [1.54, 1.807) is 12.1 Å². The number of rotatable bonds is 6. The summed E-state index contributed by atoms with van der Waals surface area (Å²) in [6, 6.07) is 13.3. The molecule has 3 aromatic rings. The number of ether oxygens (including phenoxy) is 1. The largest absolute Gasteiger partial charge is 0.381 e. The van der Waals surface area contributed by atoms with Crippen LogP contribution in [0.3, 0.4) is 0 Å². The van der Waals surface area contributed by atoms with Crippen LogP contribution in [-0.4, -0.2) is 41.1 Å². The second-order valence-corrected chi connectivity index (χ2v) is 7.66. The third-order valence-electron chi connectivity index (χ3n) is 5.57. The summed E-state index contributed by atoms with van der Waals surface area (Å²) in [4.78, 5) is 29.6. The zero-order valence-corrected chi connectivity index (χ0v) is 17.3. The van der Waals surface area contributed by atoms with Crippen molar-refractivity contribution in [2.24, 2.45) is 13.0 Å². The number of hydrogen-bond acceptors (Lipinski definition) is 4. The van der Waals surface area contributed by atoms with Gasteiger partial charge in [0, 0.05) is 37.9 Å². The van der Waals surface area contributed by atoms with Crippen LogP contribution in [0.25, 0.3) is 11.0 Å². The molecule has 1 aliphatic rings. The molecule has 0 radical (unpaired) electrons. The van der Waals surface area contributed by atoms with Gasteiger partial charge in [-0.2, -0.15) is 0 Å².